The lowest BCUT2D eigenvalue weighted by atomic mass is 10.1. The second-order valence-electron chi connectivity index (χ2n) is 6.14. The molecule has 0 spiro atoms. The minimum atomic E-state index is -3.79. The maximum Gasteiger partial charge on any atom is 0.586 e. The summed E-state index contributed by atoms with van der Waals surface area (Å²) in [4.78, 5) is 19.6. The number of fused-ring (bicyclic) bond motifs is 1. The number of aromatic nitrogens is 2. The molecule has 1 aliphatic rings. The Labute approximate surface area is 161 Å². The van der Waals surface area contributed by atoms with E-state index in [9.17, 15) is 22.4 Å². The first-order valence-electron chi connectivity index (χ1n) is 8.21. The van der Waals surface area contributed by atoms with Gasteiger partial charge in [0.1, 0.15) is 0 Å². The number of ether oxygens (including phenoxy) is 2. The number of anilines is 1. The molecule has 3 aromatic rings. The summed E-state index contributed by atoms with van der Waals surface area (Å²) in [6, 6.07) is 7.15. The van der Waals surface area contributed by atoms with E-state index in [4.69, 9.17) is 0 Å². The number of hydrogen-bond donors (Lipinski definition) is 1. The summed E-state index contributed by atoms with van der Waals surface area (Å²) in [5.74, 6) is -3.08. The van der Waals surface area contributed by atoms with Crippen LogP contribution in [-0.4, -0.2) is 22.2 Å². The SMILES string of the molecule is Cc1ncc(NC(=O)c2ccc3c(c2)OC(F)(F)O3)cc1-c1cc(F)nc(F)c1. The quantitative estimate of drug-likeness (QED) is 0.520. The molecule has 29 heavy (non-hydrogen) atoms. The number of hydrogen-bond acceptors (Lipinski definition) is 5. The summed E-state index contributed by atoms with van der Waals surface area (Å²) >= 11 is 0. The van der Waals surface area contributed by atoms with Crippen LogP contribution < -0.4 is 14.8 Å². The van der Waals surface area contributed by atoms with E-state index >= 15 is 0 Å². The van der Waals surface area contributed by atoms with Gasteiger partial charge in [-0.15, -0.1) is 8.78 Å². The van der Waals surface area contributed by atoms with Crippen LogP contribution in [0.4, 0.5) is 23.2 Å². The minimum Gasteiger partial charge on any atom is -0.395 e. The monoisotopic (exact) mass is 405 g/mol. The maximum atomic E-state index is 13.4. The molecule has 1 amide bonds. The summed E-state index contributed by atoms with van der Waals surface area (Å²) in [7, 11) is 0. The lowest BCUT2D eigenvalue weighted by molar-refractivity contribution is -0.286. The van der Waals surface area contributed by atoms with Crippen LogP contribution >= 0.6 is 0 Å². The first-order valence-corrected chi connectivity index (χ1v) is 8.21. The van der Waals surface area contributed by atoms with Crippen molar-refractivity contribution in [3.63, 3.8) is 0 Å². The van der Waals surface area contributed by atoms with Crippen LogP contribution in [0.5, 0.6) is 11.5 Å². The Morgan fingerprint density at radius 2 is 1.72 bits per heavy atom. The highest BCUT2D eigenvalue weighted by Gasteiger charge is 2.43. The molecule has 1 N–H and O–H groups in total. The van der Waals surface area contributed by atoms with Crippen molar-refractivity contribution in [2.24, 2.45) is 0 Å². The Morgan fingerprint density at radius 1 is 1.03 bits per heavy atom. The number of rotatable bonds is 3. The number of carbonyl (C=O) groups excluding carboxylic acids is 1. The van der Waals surface area contributed by atoms with E-state index < -0.39 is 24.1 Å². The van der Waals surface area contributed by atoms with Gasteiger partial charge in [0.2, 0.25) is 11.9 Å². The molecule has 0 saturated heterocycles. The highest BCUT2D eigenvalue weighted by Crippen LogP contribution is 2.41. The van der Waals surface area contributed by atoms with Crippen molar-refractivity contribution < 1.29 is 31.8 Å². The fraction of sp³-hybridized carbons (Fsp3) is 0.105. The van der Waals surface area contributed by atoms with Crippen molar-refractivity contribution in [1.82, 2.24) is 9.97 Å². The summed E-state index contributed by atoms with van der Waals surface area (Å²) in [6.07, 6.45) is -2.44. The Hall–Kier alpha value is -3.69. The Morgan fingerprint density at radius 3 is 2.45 bits per heavy atom. The van der Waals surface area contributed by atoms with E-state index in [0.29, 0.717) is 11.3 Å². The molecule has 148 valence electrons. The van der Waals surface area contributed by atoms with Gasteiger partial charge in [-0.3, -0.25) is 9.78 Å². The minimum absolute atomic E-state index is 0.0353. The largest absolute Gasteiger partial charge is 0.586 e. The Balaban J connectivity index is 1.60. The molecule has 6 nitrogen and oxygen atoms in total. The molecule has 0 atom stereocenters. The first kappa shape index (κ1) is 18.7. The van der Waals surface area contributed by atoms with Gasteiger partial charge in [-0.2, -0.15) is 13.8 Å². The van der Waals surface area contributed by atoms with E-state index in [1.165, 1.54) is 24.4 Å². The zero-order chi connectivity index (χ0) is 20.8. The lowest BCUT2D eigenvalue weighted by Gasteiger charge is -2.10. The van der Waals surface area contributed by atoms with E-state index in [0.717, 1.165) is 18.2 Å². The number of nitrogens with zero attached hydrogens (tertiary/aromatic N) is 2. The van der Waals surface area contributed by atoms with Crippen LogP contribution in [0.3, 0.4) is 0 Å². The molecule has 1 aromatic carbocycles. The molecule has 0 fully saturated rings. The molecule has 0 radical (unpaired) electrons. The summed E-state index contributed by atoms with van der Waals surface area (Å²) in [5, 5.41) is 2.55. The predicted molar refractivity (Wildman–Crippen MR) is 92.7 cm³/mol. The summed E-state index contributed by atoms with van der Waals surface area (Å²) in [5.41, 5.74) is 1.32. The van der Waals surface area contributed by atoms with Crippen molar-refractivity contribution in [3.05, 3.63) is 65.7 Å². The number of amides is 1. The Kier molecular flexibility index (Phi) is 4.33. The van der Waals surface area contributed by atoms with E-state index in [1.54, 1.807) is 6.92 Å². The molecule has 0 unspecified atom stereocenters. The molecular weight excluding hydrogens is 394 g/mol. The zero-order valence-corrected chi connectivity index (χ0v) is 14.7. The molecule has 0 saturated carbocycles. The van der Waals surface area contributed by atoms with Crippen molar-refractivity contribution in [2.75, 3.05) is 5.32 Å². The van der Waals surface area contributed by atoms with Gasteiger partial charge in [-0.25, -0.2) is 0 Å². The zero-order valence-electron chi connectivity index (χ0n) is 14.7. The third kappa shape index (κ3) is 3.82. The van der Waals surface area contributed by atoms with Crippen LogP contribution in [0.1, 0.15) is 16.1 Å². The third-order valence-electron chi connectivity index (χ3n) is 4.08. The van der Waals surface area contributed by atoms with Crippen molar-refractivity contribution in [1.29, 1.82) is 0 Å². The van der Waals surface area contributed by atoms with Gasteiger partial charge >= 0.3 is 6.29 Å². The third-order valence-corrected chi connectivity index (χ3v) is 4.08. The van der Waals surface area contributed by atoms with Gasteiger partial charge < -0.3 is 14.8 Å². The molecule has 4 rings (SSSR count). The average molecular weight is 405 g/mol. The number of carbonyl (C=O) groups is 1. The van der Waals surface area contributed by atoms with Gasteiger partial charge in [0.25, 0.3) is 5.91 Å². The summed E-state index contributed by atoms with van der Waals surface area (Å²) in [6.45, 7) is 1.63. The number of benzene rings is 1. The fourth-order valence-electron chi connectivity index (χ4n) is 2.81. The van der Waals surface area contributed by atoms with Gasteiger partial charge in [0.05, 0.1) is 11.9 Å². The van der Waals surface area contributed by atoms with Crippen LogP contribution in [0.25, 0.3) is 11.1 Å². The topological polar surface area (TPSA) is 73.3 Å². The number of aryl methyl sites for hydroxylation is 1. The molecule has 0 aliphatic carbocycles. The second kappa shape index (κ2) is 6.73. The first-order chi connectivity index (χ1) is 13.7. The molecule has 3 heterocycles. The molecule has 0 bridgehead atoms. The molecule has 2 aromatic heterocycles. The van der Waals surface area contributed by atoms with Gasteiger partial charge in [0.15, 0.2) is 11.5 Å². The van der Waals surface area contributed by atoms with Gasteiger partial charge in [-0.1, -0.05) is 0 Å². The number of pyridine rings is 2. The predicted octanol–water partition coefficient (Wildman–Crippen LogP) is 4.30. The molecular formula is C19H11F4N3O3. The van der Waals surface area contributed by atoms with Crippen LogP contribution in [0, 0.1) is 18.8 Å². The van der Waals surface area contributed by atoms with E-state index in [-0.39, 0.29) is 28.3 Å². The normalized spacial score (nSPS) is 14.0. The number of halogens is 4. The standard InChI is InChI=1S/C19H11F4N3O3/c1-9-13(11-5-16(20)26-17(21)6-11)7-12(8-24-9)25-18(27)10-2-3-14-15(4-10)29-19(22,23)28-14/h2-8H,1H3,(H,25,27). The van der Waals surface area contributed by atoms with Crippen molar-refractivity contribution in [3.8, 4) is 22.6 Å². The average Bonchev–Trinajstić information content (AvgIpc) is 2.95. The highest BCUT2D eigenvalue weighted by molar-refractivity contribution is 6.04. The number of nitrogens with one attached hydrogen (secondary N) is 1. The van der Waals surface area contributed by atoms with Gasteiger partial charge in [0, 0.05) is 29.0 Å². The number of alkyl halides is 2. The molecule has 1 aliphatic heterocycles. The molecule has 10 heteroatoms. The summed E-state index contributed by atoms with van der Waals surface area (Å²) < 4.78 is 61.7. The fourth-order valence-corrected chi connectivity index (χ4v) is 2.81. The van der Waals surface area contributed by atoms with Crippen molar-refractivity contribution >= 4 is 11.6 Å². The van der Waals surface area contributed by atoms with Crippen molar-refractivity contribution in [2.45, 2.75) is 13.2 Å². The Bertz CT molecular complexity index is 1120. The second-order valence-corrected chi connectivity index (χ2v) is 6.14. The van der Waals surface area contributed by atoms with Crippen LogP contribution in [0.15, 0.2) is 42.6 Å². The lowest BCUT2D eigenvalue weighted by Crippen LogP contribution is -2.25. The van der Waals surface area contributed by atoms with E-state index in [1.807, 2.05) is 0 Å². The maximum absolute atomic E-state index is 13.4. The van der Waals surface area contributed by atoms with Crippen LogP contribution in [-0.2, 0) is 0 Å². The highest BCUT2D eigenvalue weighted by atomic mass is 19.3. The van der Waals surface area contributed by atoms with Gasteiger partial charge in [-0.05, 0) is 36.8 Å². The van der Waals surface area contributed by atoms with Crippen LogP contribution in [0.2, 0.25) is 0 Å². The smallest absolute Gasteiger partial charge is 0.395 e. The van der Waals surface area contributed by atoms with E-state index in [2.05, 4.69) is 24.8 Å².